The van der Waals surface area contributed by atoms with Gasteiger partial charge in [0.1, 0.15) is 0 Å². The minimum atomic E-state index is -3.39. The first-order chi connectivity index (χ1) is 13.2. The molecule has 146 valence electrons. The van der Waals surface area contributed by atoms with Crippen LogP contribution in [-0.2, 0) is 10.0 Å². The van der Waals surface area contributed by atoms with E-state index < -0.39 is 10.0 Å². The molecule has 2 aromatic carbocycles. The third-order valence-corrected chi connectivity index (χ3v) is 7.02. The van der Waals surface area contributed by atoms with Gasteiger partial charge in [0, 0.05) is 42.5 Å². The number of fused-ring (bicyclic) bond motifs is 3. The Kier molecular flexibility index (Phi) is 4.59. The van der Waals surface area contributed by atoms with Crippen molar-refractivity contribution < 1.29 is 13.2 Å². The van der Waals surface area contributed by atoms with Gasteiger partial charge in [0.15, 0.2) is 5.17 Å². The number of hydrogen-bond donors (Lipinski definition) is 1. The number of hydrogen-bond acceptors (Lipinski definition) is 6. The molecule has 0 spiro atoms. The first kappa shape index (κ1) is 18.8. The van der Waals surface area contributed by atoms with Crippen LogP contribution in [0, 0.1) is 6.92 Å². The number of carbonyl (C=O) groups excluding carboxylic acids is 1. The maximum absolute atomic E-state index is 12.7. The Balaban J connectivity index is 1.57. The van der Waals surface area contributed by atoms with E-state index in [2.05, 4.69) is 9.71 Å². The van der Waals surface area contributed by atoms with Crippen molar-refractivity contribution in [3.05, 3.63) is 47.5 Å². The zero-order chi connectivity index (χ0) is 20.1. The molecule has 0 unspecified atom stereocenters. The number of sulfonamides is 1. The first-order valence-electron chi connectivity index (χ1n) is 8.75. The number of aryl methyl sites for hydroxylation is 1. The zero-order valence-corrected chi connectivity index (χ0v) is 17.4. The number of amidine groups is 1. The van der Waals surface area contributed by atoms with Crippen LogP contribution in [0.4, 0.5) is 17.1 Å². The molecule has 2 aliphatic rings. The minimum Gasteiger partial charge on any atom is -0.378 e. The fourth-order valence-electron chi connectivity index (χ4n) is 3.13. The number of carbonyl (C=O) groups is 1. The topological polar surface area (TPSA) is 82.1 Å². The van der Waals surface area contributed by atoms with Crippen LogP contribution in [0.15, 0.2) is 45.7 Å². The predicted octanol–water partition coefficient (Wildman–Crippen LogP) is 2.92. The summed E-state index contributed by atoms with van der Waals surface area (Å²) in [6, 6.07) is 11.3. The summed E-state index contributed by atoms with van der Waals surface area (Å²) < 4.78 is 27.3. The molecule has 0 radical (unpaired) electrons. The predicted molar refractivity (Wildman–Crippen MR) is 114 cm³/mol. The molecule has 0 aromatic heterocycles. The lowest BCUT2D eigenvalue weighted by atomic mass is 10.1. The average Bonchev–Trinajstić information content (AvgIpc) is 2.98. The number of anilines is 3. The Morgan fingerprint density at radius 1 is 1.21 bits per heavy atom. The molecule has 4 rings (SSSR count). The number of rotatable bonds is 3. The fraction of sp³-hybridized carbons (Fsp3) is 0.263. The molecule has 7 nitrogen and oxygen atoms in total. The summed E-state index contributed by atoms with van der Waals surface area (Å²) in [5, 5.41) is 3.41. The molecule has 0 fully saturated rings. The van der Waals surface area contributed by atoms with Gasteiger partial charge < -0.3 is 15.1 Å². The second-order valence-corrected chi connectivity index (χ2v) is 9.71. The van der Waals surface area contributed by atoms with E-state index in [1.165, 1.54) is 11.8 Å². The van der Waals surface area contributed by atoms with Crippen molar-refractivity contribution in [1.29, 1.82) is 0 Å². The summed E-state index contributed by atoms with van der Waals surface area (Å²) in [4.78, 5) is 17.5. The molecule has 0 saturated heterocycles. The van der Waals surface area contributed by atoms with E-state index >= 15 is 0 Å². The number of thioether (sulfide) groups is 1. The molecular formula is C19H20N4O3S2. The highest BCUT2D eigenvalue weighted by Gasteiger charge is 2.33. The third kappa shape index (κ3) is 3.47. The van der Waals surface area contributed by atoms with Crippen LogP contribution in [0.3, 0.4) is 0 Å². The van der Waals surface area contributed by atoms with Crippen molar-refractivity contribution in [2.24, 2.45) is 4.40 Å². The van der Waals surface area contributed by atoms with Gasteiger partial charge in [-0.05, 0) is 60.6 Å². The standard InChI is InChI=1S/C19H20N4O3S2/c1-12-10-14(22(2)3)5-6-15(12)20-18(24)13-4-7-16-17(11-13)27-19-21-28(25,26)9-8-23(16)19/h4-7,10-11H,8-9H2,1-3H3,(H,20,24). The van der Waals surface area contributed by atoms with Gasteiger partial charge >= 0.3 is 0 Å². The highest BCUT2D eigenvalue weighted by atomic mass is 32.2. The summed E-state index contributed by atoms with van der Waals surface area (Å²) in [5.74, 6) is -0.204. The van der Waals surface area contributed by atoms with Crippen LogP contribution >= 0.6 is 11.8 Å². The molecule has 1 N–H and O–H groups in total. The molecule has 9 heteroatoms. The van der Waals surface area contributed by atoms with E-state index in [9.17, 15) is 13.2 Å². The quantitative estimate of drug-likeness (QED) is 0.829. The summed E-state index contributed by atoms with van der Waals surface area (Å²) in [7, 11) is 0.548. The smallest absolute Gasteiger partial charge is 0.257 e. The van der Waals surface area contributed by atoms with Gasteiger partial charge in [-0.2, -0.15) is 0 Å². The molecular weight excluding hydrogens is 396 g/mol. The average molecular weight is 417 g/mol. The molecule has 0 aliphatic carbocycles. The summed E-state index contributed by atoms with van der Waals surface area (Å²) in [5.41, 5.74) is 4.22. The summed E-state index contributed by atoms with van der Waals surface area (Å²) >= 11 is 1.28. The summed E-state index contributed by atoms with van der Waals surface area (Å²) in [6.45, 7) is 2.34. The largest absolute Gasteiger partial charge is 0.378 e. The molecule has 1 amide bonds. The van der Waals surface area contributed by atoms with Crippen molar-refractivity contribution in [2.75, 3.05) is 41.5 Å². The van der Waals surface area contributed by atoms with E-state index in [4.69, 9.17) is 0 Å². The Morgan fingerprint density at radius 3 is 2.71 bits per heavy atom. The molecule has 28 heavy (non-hydrogen) atoms. The van der Waals surface area contributed by atoms with Crippen molar-refractivity contribution in [2.45, 2.75) is 11.8 Å². The van der Waals surface area contributed by atoms with E-state index in [0.717, 1.165) is 27.5 Å². The van der Waals surface area contributed by atoms with Gasteiger partial charge in [-0.1, -0.05) is 0 Å². The van der Waals surface area contributed by atoms with Crippen molar-refractivity contribution >= 4 is 49.9 Å². The van der Waals surface area contributed by atoms with Crippen LogP contribution in [0.1, 0.15) is 15.9 Å². The lowest BCUT2D eigenvalue weighted by Crippen LogP contribution is -2.35. The van der Waals surface area contributed by atoms with Gasteiger partial charge in [0.2, 0.25) is 0 Å². The lowest BCUT2D eigenvalue weighted by molar-refractivity contribution is 0.102. The highest BCUT2D eigenvalue weighted by molar-refractivity contribution is 8.15. The van der Waals surface area contributed by atoms with Crippen molar-refractivity contribution in [3.63, 3.8) is 0 Å². The fourth-order valence-corrected chi connectivity index (χ4v) is 5.43. The summed E-state index contributed by atoms with van der Waals surface area (Å²) in [6.07, 6.45) is 0. The second kappa shape index (κ2) is 6.82. The van der Waals surface area contributed by atoms with Gasteiger partial charge in [-0.3, -0.25) is 4.79 Å². The van der Waals surface area contributed by atoms with Crippen molar-refractivity contribution in [3.8, 4) is 0 Å². The van der Waals surface area contributed by atoms with Gasteiger partial charge in [-0.25, -0.2) is 8.42 Å². The van der Waals surface area contributed by atoms with Gasteiger partial charge in [0.05, 0.1) is 11.4 Å². The second-order valence-electron chi connectivity index (χ2n) is 6.94. The molecule has 0 atom stereocenters. The van der Waals surface area contributed by atoms with Crippen LogP contribution in [0.25, 0.3) is 0 Å². The van der Waals surface area contributed by atoms with Gasteiger partial charge in [0.25, 0.3) is 15.9 Å². The number of nitrogens with one attached hydrogen (secondary N) is 1. The molecule has 2 heterocycles. The third-order valence-electron chi connectivity index (χ3n) is 4.71. The first-order valence-corrected chi connectivity index (χ1v) is 11.2. The Morgan fingerprint density at radius 2 is 2.00 bits per heavy atom. The van der Waals surface area contributed by atoms with E-state index in [0.29, 0.717) is 17.3 Å². The maximum Gasteiger partial charge on any atom is 0.257 e. The van der Waals surface area contributed by atoms with Crippen LogP contribution < -0.4 is 15.1 Å². The van der Waals surface area contributed by atoms with Gasteiger partial charge in [-0.15, -0.1) is 4.40 Å². The van der Waals surface area contributed by atoms with E-state index in [1.807, 2.05) is 55.1 Å². The molecule has 0 bridgehead atoms. The van der Waals surface area contributed by atoms with E-state index in [-0.39, 0.29) is 11.7 Å². The molecule has 2 aliphatic heterocycles. The zero-order valence-electron chi connectivity index (χ0n) is 15.8. The van der Waals surface area contributed by atoms with E-state index in [1.54, 1.807) is 12.1 Å². The SMILES string of the molecule is Cc1cc(N(C)C)ccc1NC(=O)c1ccc2c(c1)SC1=NS(=O)(=O)CCN12. The Hall–Kier alpha value is -2.52. The number of benzene rings is 2. The number of amides is 1. The number of nitrogens with zero attached hydrogens (tertiary/aromatic N) is 3. The van der Waals surface area contributed by atoms with Crippen LogP contribution in [0.5, 0.6) is 0 Å². The monoisotopic (exact) mass is 416 g/mol. The highest BCUT2D eigenvalue weighted by Crippen LogP contribution is 2.42. The lowest BCUT2D eigenvalue weighted by Gasteiger charge is -2.22. The minimum absolute atomic E-state index is 0.000951. The normalized spacial score (nSPS) is 16.8. The van der Waals surface area contributed by atoms with Crippen molar-refractivity contribution in [1.82, 2.24) is 0 Å². The molecule has 0 saturated carbocycles. The molecule has 2 aromatic rings. The Bertz CT molecular complexity index is 1110. The van der Waals surface area contributed by atoms with Crippen LogP contribution in [0.2, 0.25) is 0 Å². The van der Waals surface area contributed by atoms with Crippen LogP contribution in [-0.4, -0.2) is 45.9 Å². The maximum atomic E-state index is 12.7. The Labute approximate surface area is 168 Å².